The third kappa shape index (κ3) is 4.79. The maximum atomic E-state index is 5.43. The number of nitrogens with one attached hydrogen (secondary N) is 2. The second kappa shape index (κ2) is 6.68. The zero-order chi connectivity index (χ0) is 13.4. The molecule has 0 aromatic carbocycles. The molecule has 0 aliphatic carbocycles. The molecule has 96 valence electrons. The van der Waals surface area contributed by atoms with Crippen molar-refractivity contribution >= 4 is 24.3 Å². The fraction of sp³-hybridized carbons (Fsp3) is 0.111. The van der Waals surface area contributed by atoms with E-state index < -0.39 is 0 Å². The van der Waals surface area contributed by atoms with Crippen LogP contribution < -0.4 is 27.6 Å². The molecular weight excluding hydrogens is 236 g/mol. The van der Waals surface area contributed by atoms with Crippen LogP contribution >= 0.6 is 0 Å². The Hall–Kier alpha value is -2.84. The quantitative estimate of drug-likeness (QED) is 0.217. The number of nitrogens with zero attached hydrogens (tertiary/aromatic N) is 3. The largest absolute Gasteiger partial charge is 0.454 e. The molecule has 1 aromatic heterocycles. The first-order valence-corrected chi connectivity index (χ1v) is 4.93. The van der Waals surface area contributed by atoms with Crippen molar-refractivity contribution in [2.24, 2.45) is 32.5 Å². The summed E-state index contributed by atoms with van der Waals surface area (Å²) in [6, 6.07) is 3.40. The maximum Gasteiger partial charge on any atom is 0.364 e. The summed E-state index contributed by atoms with van der Waals surface area (Å²) in [5.74, 6) is 1.22. The van der Waals surface area contributed by atoms with E-state index in [1.54, 1.807) is 19.2 Å². The third-order valence-corrected chi connectivity index (χ3v) is 1.65. The van der Waals surface area contributed by atoms with E-state index in [9.17, 15) is 0 Å². The summed E-state index contributed by atoms with van der Waals surface area (Å²) in [5, 5.41) is 10.9. The van der Waals surface area contributed by atoms with Crippen molar-refractivity contribution in [3.8, 4) is 0 Å². The molecule has 0 aliphatic heterocycles. The molecule has 0 aliphatic rings. The standard InChI is InChI=1S/C9H14N8O/c1-13-9(12)17-15-5-7-3-2-6(18-7)4-14-16-8(10)11/h2-5H,1H3,(H4,10,11,16)(H3,12,13,17)/p+1/b14-4+,15-5+. The van der Waals surface area contributed by atoms with Gasteiger partial charge in [-0.15, -0.1) is 10.2 Å². The van der Waals surface area contributed by atoms with E-state index in [0.29, 0.717) is 17.5 Å². The Morgan fingerprint density at radius 3 is 2.56 bits per heavy atom. The molecule has 1 aromatic rings. The molecule has 1 rings (SSSR count). The Labute approximate surface area is 103 Å². The van der Waals surface area contributed by atoms with Crippen LogP contribution in [0.3, 0.4) is 0 Å². The summed E-state index contributed by atoms with van der Waals surface area (Å²) < 4.78 is 5.32. The summed E-state index contributed by atoms with van der Waals surface area (Å²) in [6.07, 6.45) is 2.83. The van der Waals surface area contributed by atoms with Crippen molar-refractivity contribution < 1.29 is 9.41 Å². The van der Waals surface area contributed by atoms with Gasteiger partial charge in [-0.2, -0.15) is 10.5 Å². The van der Waals surface area contributed by atoms with Crippen LogP contribution in [0.2, 0.25) is 0 Å². The normalized spacial score (nSPS) is 12.2. The highest BCUT2D eigenvalue weighted by Gasteiger charge is 1.97. The van der Waals surface area contributed by atoms with Crippen molar-refractivity contribution in [1.82, 2.24) is 5.43 Å². The maximum absolute atomic E-state index is 5.43. The first-order chi connectivity index (χ1) is 8.61. The third-order valence-electron chi connectivity index (χ3n) is 1.65. The number of rotatable bonds is 4. The van der Waals surface area contributed by atoms with Gasteiger partial charge in [0.2, 0.25) is 5.96 Å². The summed E-state index contributed by atoms with van der Waals surface area (Å²) in [4.78, 5) is 2.67. The van der Waals surface area contributed by atoms with E-state index in [2.05, 4.69) is 25.7 Å². The zero-order valence-corrected chi connectivity index (χ0v) is 9.79. The van der Waals surface area contributed by atoms with Gasteiger partial charge in [0, 0.05) is 0 Å². The monoisotopic (exact) mass is 251 g/mol. The molecule has 9 nitrogen and oxygen atoms in total. The van der Waals surface area contributed by atoms with E-state index in [1.807, 2.05) is 0 Å². The fourth-order valence-electron chi connectivity index (χ4n) is 0.881. The SMILES string of the molecule is C[NH+]=C(N)N/N=C/c1ccc(/C=N/N=C(N)N)o1. The topological polar surface area (TPSA) is 154 Å². The van der Waals surface area contributed by atoms with Crippen LogP contribution in [0.15, 0.2) is 31.9 Å². The number of nitrogens with two attached hydrogens (primary N) is 3. The lowest BCUT2D eigenvalue weighted by molar-refractivity contribution is -0.423. The number of guanidine groups is 2. The molecule has 8 N–H and O–H groups in total. The fourth-order valence-corrected chi connectivity index (χ4v) is 0.881. The van der Waals surface area contributed by atoms with E-state index in [-0.39, 0.29) is 5.96 Å². The van der Waals surface area contributed by atoms with Crippen molar-refractivity contribution in [3.05, 3.63) is 23.7 Å². The van der Waals surface area contributed by atoms with Crippen molar-refractivity contribution in [2.45, 2.75) is 0 Å². The van der Waals surface area contributed by atoms with E-state index >= 15 is 0 Å². The highest BCUT2D eigenvalue weighted by atomic mass is 16.3. The van der Waals surface area contributed by atoms with Crippen LogP contribution in [0.5, 0.6) is 0 Å². The molecular formula is C9H15N8O+. The van der Waals surface area contributed by atoms with Crippen molar-refractivity contribution in [1.29, 1.82) is 0 Å². The minimum Gasteiger partial charge on any atom is -0.454 e. The highest BCUT2D eigenvalue weighted by Crippen LogP contribution is 2.02. The number of hydrogen-bond acceptors (Lipinski definition) is 4. The van der Waals surface area contributed by atoms with Gasteiger partial charge in [0.15, 0.2) is 0 Å². The number of furan rings is 1. The van der Waals surface area contributed by atoms with Crippen LogP contribution in [-0.2, 0) is 0 Å². The molecule has 0 bridgehead atoms. The molecule has 0 saturated carbocycles. The van der Waals surface area contributed by atoms with Crippen LogP contribution in [0.4, 0.5) is 0 Å². The van der Waals surface area contributed by atoms with E-state index in [0.717, 1.165) is 0 Å². The molecule has 0 amide bonds. The minimum atomic E-state index is -0.123. The summed E-state index contributed by atoms with van der Waals surface area (Å²) in [7, 11) is 1.67. The zero-order valence-electron chi connectivity index (χ0n) is 9.79. The van der Waals surface area contributed by atoms with Gasteiger partial charge in [0.1, 0.15) is 17.7 Å². The molecule has 0 spiro atoms. The first-order valence-electron chi connectivity index (χ1n) is 4.93. The average Bonchev–Trinajstić information content (AvgIpc) is 2.76. The molecule has 0 saturated heterocycles. The van der Waals surface area contributed by atoms with Gasteiger partial charge in [0.25, 0.3) is 0 Å². The van der Waals surface area contributed by atoms with Crippen molar-refractivity contribution in [3.63, 3.8) is 0 Å². The smallest absolute Gasteiger partial charge is 0.364 e. The Balaban J connectivity index is 2.58. The van der Waals surface area contributed by atoms with Gasteiger partial charge < -0.3 is 15.9 Å². The minimum absolute atomic E-state index is 0.123. The van der Waals surface area contributed by atoms with E-state index in [1.165, 1.54) is 12.4 Å². The van der Waals surface area contributed by atoms with Gasteiger partial charge in [-0.1, -0.05) is 0 Å². The lowest BCUT2D eigenvalue weighted by Crippen LogP contribution is -2.74. The Kier molecular flexibility index (Phi) is 4.91. The highest BCUT2D eigenvalue weighted by molar-refractivity contribution is 5.82. The van der Waals surface area contributed by atoms with Crippen LogP contribution in [0, 0.1) is 0 Å². The van der Waals surface area contributed by atoms with Crippen molar-refractivity contribution in [2.75, 3.05) is 7.05 Å². The predicted molar refractivity (Wildman–Crippen MR) is 68.9 cm³/mol. The van der Waals surface area contributed by atoms with E-state index in [4.69, 9.17) is 21.6 Å². The van der Waals surface area contributed by atoms with Gasteiger partial charge in [-0.3, -0.25) is 10.7 Å². The van der Waals surface area contributed by atoms with Gasteiger partial charge in [-0.05, 0) is 12.1 Å². The van der Waals surface area contributed by atoms with Gasteiger partial charge in [0.05, 0.1) is 13.3 Å². The van der Waals surface area contributed by atoms with Crippen LogP contribution in [-0.4, -0.2) is 31.4 Å². The van der Waals surface area contributed by atoms with Crippen LogP contribution in [0.25, 0.3) is 0 Å². The first kappa shape index (κ1) is 13.2. The molecule has 0 atom stereocenters. The summed E-state index contributed by atoms with van der Waals surface area (Å²) in [5.41, 5.74) is 18.2. The number of hydrazone groups is 1. The second-order valence-electron chi connectivity index (χ2n) is 3.04. The molecule has 9 heteroatoms. The number of hydrogen-bond donors (Lipinski definition) is 5. The molecule has 0 radical (unpaired) electrons. The molecule has 0 fully saturated rings. The molecule has 0 unspecified atom stereocenters. The average molecular weight is 251 g/mol. The van der Waals surface area contributed by atoms with Crippen LogP contribution in [0.1, 0.15) is 11.5 Å². The van der Waals surface area contributed by atoms with Gasteiger partial charge in [-0.25, -0.2) is 0 Å². The Morgan fingerprint density at radius 2 is 1.94 bits per heavy atom. The second-order valence-corrected chi connectivity index (χ2v) is 3.04. The Morgan fingerprint density at radius 1 is 1.28 bits per heavy atom. The summed E-state index contributed by atoms with van der Waals surface area (Å²) >= 11 is 0. The summed E-state index contributed by atoms with van der Waals surface area (Å²) in [6.45, 7) is 0. The van der Waals surface area contributed by atoms with Gasteiger partial charge >= 0.3 is 5.96 Å². The molecule has 1 heterocycles. The lowest BCUT2D eigenvalue weighted by Gasteiger charge is -1.87. The lowest BCUT2D eigenvalue weighted by atomic mass is 10.4. The predicted octanol–water partition coefficient (Wildman–Crippen LogP) is -3.16. The molecule has 18 heavy (non-hydrogen) atoms. The Bertz CT molecular complexity index is 494.